The molecular weight excluding hydrogens is 342 g/mol. The Morgan fingerprint density at radius 3 is 2.52 bits per heavy atom. The molecule has 0 aliphatic heterocycles. The number of hydrogen-bond acceptors (Lipinski definition) is 6. The molecule has 2 aromatic heterocycles. The van der Waals surface area contributed by atoms with Gasteiger partial charge in [-0.1, -0.05) is 35.5 Å². The number of carbonyl (C=O) groups excluding carboxylic acids is 1. The number of anilines is 2. The largest absolute Gasteiger partial charge is 0.360 e. The molecule has 27 heavy (non-hydrogen) atoms. The Kier molecular flexibility index (Phi) is 5.49. The molecule has 0 unspecified atom stereocenters. The summed E-state index contributed by atoms with van der Waals surface area (Å²) < 4.78 is 4.98. The highest BCUT2D eigenvalue weighted by atomic mass is 16.5. The maximum atomic E-state index is 12.6. The molecule has 0 fully saturated rings. The molecule has 3 rings (SSSR count). The van der Waals surface area contributed by atoms with Crippen LogP contribution in [0.15, 0.2) is 47.0 Å². The Bertz CT molecular complexity index is 921. The molecule has 0 aliphatic carbocycles. The monoisotopic (exact) mass is 365 g/mol. The molecule has 7 nitrogen and oxygen atoms in total. The number of hydrogen-bond donors (Lipinski definition) is 1. The fourth-order valence-electron chi connectivity index (χ4n) is 2.67. The van der Waals surface area contributed by atoms with Gasteiger partial charge in [0.25, 0.3) is 5.91 Å². The van der Waals surface area contributed by atoms with Crippen LogP contribution < -0.4 is 10.2 Å². The summed E-state index contributed by atoms with van der Waals surface area (Å²) in [7, 11) is 0. The van der Waals surface area contributed by atoms with Crippen molar-refractivity contribution in [3.63, 3.8) is 0 Å². The van der Waals surface area contributed by atoms with Crippen LogP contribution in [0.5, 0.6) is 0 Å². The van der Waals surface area contributed by atoms with E-state index in [1.165, 1.54) is 0 Å². The van der Waals surface area contributed by atoms with Gasteiger partial charge < -0.3 is 14.7 Å². The Labute approximate surface area is 158 Å². The molecule has 0 saturated heterocycles. The van der Waals surface area contributed by atoms with Crippen LogP contribution in [0.25, 0.3) is 0 Å². The zero-order chi connectivity index (χ0) is 19.4. The molecule has 0 aliphatic rings. The molecule has 0 radical (unpaired) electrons. The minimum atomic E-state index is -0.349. The Balaban J connectivity index is 1.87. The predicted molar refractivity (Wildman–Crippen MR) is 104 cm³/mol. The second-order valence-corrected chi connectivity index (χ2v) is 6.68. The Morgan fingerprint density at radius 1 is 1.15 bits per heavy atom. The molecule has 1 N–H and O–H groups in total. The molecule has 140 valence electrons. The highest BCUT2D eigenvalue weighted by molar-refractivity contribution is 6.02. The molecular formula is C20H23N5O2. The summed E-state index contributed by atoms with van der Waals surface area (Å²) in [6.45, 7) is 8.42. The van der Waals surface area contributed by atoms with Crippen LogP contribution in [-0.4, -0.2) is 27.1 Å². The van der Waals surface area contributed by atoms with Gasteiger partial charge in [0.1, 0.15) is 11.5 Å². The number of carbonyl (C=O) groups is 1. The van der Waals surface area contributed by atoms with Crippen molar-refractivity contribution in [1.82, 2.24) is 15.1 Å². The van der Waals surface area contributed by atoms with Gasteiger partial charge in [0.15, 0.2) is 5.82 Å². The van der Waals surface area contributed by atoms with E-state index in [4.69, 9.17) is 4.52 Å². The molecule has 0 spiro atoms. The van der Waals surface area contributed by atoms with E-state index < -0.39 is 0 Å². The minimum Gasteiger partial charge on any atom is -0.360 e. The third-order valence-electron chi connectivity index (χ3n) is 4.02. The highest BCUT2D eigenvalue weighted by Crippen LogP contribution is 2.18. The summed E-state index contributed by atoms with van der Waals surface area (Å²) in [6.07, 6.45) is 0. The Morgan fingerprint density at radius 2 is 1.89 bits per heavy atom. The zero-order valence-corrected chi connectivity index (χ0v) is 15.9. The lowest BCUT2D eigenvalue weighted by Crippen LogP contribution is -2.32. The second-order valence-electron chi connectivity index (χ2n) is 6.68. The number of amides is 1. The molecule has 0 atom stereocenters. The third kappa shape index (κ3) is 4.69. The first kappa shape index (κ1) is 18.6. The van der Waals surface area contributed by atoms with Crippen molar-refractivity contribution in [3.8, 4) is 0 Å². The van der Waals surface area contributed by atoms with Crippen LogP contribution in [0.3, 0.4) is 0 Å². The summed E-state index contributed by atoms with van der Waals surface area (Å²) in [6, 6.07) is 13.6. The second kappa shape index (κ2) is 7.99. The van der Waals surface area contributed by atoms with E-state index in [9.17, 15) is 4.79 Å². The third-order valence-corrected chi connectivity index (χ3v) is 4.02. The fraction of sp³-hybridized carbons (Fsp3) is 0.300. The van der Waals surface area contributed by atoms with Crippen molar-refractivity contribution in [2.45, 2.75) is 40.3 Å². The molecule has 3 aromatic rings. The van der Waals surface area contributed by atoms with Crippen LogP contribution in [0.1, 0.15) is 41.4 Å². The van der Waals surface area contributed by atoms with Gasteiger partial charge in [0.2, 0.25) is 5.95 Å². The lowest BCUT2D eigenvalue weighted by atomic mass is 10.2. The molecule has 2 heterocycles. The highest BCUT2D eigenvalue weighted by Gasteiger charge is 2.18. The van der Waals surface area contributed by atoms with Gasteiger partial charge in [-0.2, -0.15) is 0 Å². The van der Waals surface area contributed by atoms with Gasteiger partial charge in [0, 0.05) is 24.3 Å². The maximum Gasteiger partial charge on any atom is 0.275 e. The van der Waals surface area contributed by atoms with Crippen LogP contribution in [0, 0.1) is 13.8 Å². The average Bonchev–Trinajstić information content (AvgIpc) is 3.04. The van der Waals surface area contributed by atoms with Crippen molar-refractivity contribution in [2.75, 3.05) is 10.2 Å². The molecule has 0 saturated carbocycles. The quantitative estimate of drug-likeness (QED) is 0.716. The van der Waals surface area contributed by atoms with Crippen molar-refractivity contribution in [2.24, 2.45) is 0 Å². The predicted octanol–water partition coefficient (Wildman–Crippen LogP) is 3.75. The van der Waals surface area contributed by atoms with Crippen molar-refractivity contribution >= 4 is 17.7 Å². The summed E-state index contributed by atoms with van der Waals surface area (Å²) in [5, 5.41) is 6.48. The first-order valence-corrected chi connectivity index (χ1v) is 8.83. The van der Waals surface area contributed by atoms with E-state index in [1.54, 1.807) is 19.1 Å². The SMILES string of the molecule is Cc1cc(C(=O)Nc2cc(C)on2)nc(N(Cc2ccccc2)C(C)C)n1. The van der Waals surface area contributed by atoms with Crippen molar-refractivity contribution in [1.29, 1.82) is 0 Å². The standard InChI is InChI=1S/C20H23N5O2/c1-13(2)25(12-16-8-6-5-7-9-16)20-21-14(3)10-17(22-20)19(26)23-18-11-15(4)27-24-18/h5-11,13H,12H2,1-4H3,(H,23,24,26). The summed E-state index contributed by atoms with van der Waals surface area (Å²) in [4.78, 5) is 23.7. The van der Waals surface area contributed by atoms with Crippen LogP contribution in [-0.2, 0) is 6.54 Å². The summed E-state index contributed by atoms with van der Waals surface area (Å²) in [5.41, 5.74) is 2.16. The topological polar surface area (TPSA) is 84.2 Å². The van der Waals surface area contributed by atoms with Crippen molar-refractivity contribution < 1.29 is 9.32 Å². The van der Waals surface area contributed by atoms with E-state index in [-0.39, 0.29) is 17.6 Å². The van der Waals surface area contributed by atoms with Gasteiger partial charge in [-0.25, -0.2) is 9.97 Å². The molecule has 1 amide bonds. The number of aryl methyl sites for hydroxylation is 2. The fourth-order valence-corrected chi connectivity index (χ4v) is 2.67. The first-order chi connectivity index (χ1) is 12.9. The molecule has 7 heteroatoms. The summed E-state index contributed by atoms with van der Waals surface area (Å²) in [5.74, 6) is 1.16. The number of rotatable bonds is 6. The van der Waals surface area contributed by atoms with E-state index in [0.717, 1.165) is 11.3 Å². The van der Waals surface area contributed by atoms with E-state index in [1.807, 2.05) is 25.1 Å². The smallest absolute Gasteiger partial charge is 0.275 e. The van der Waals surface area contributed by atoms with E-state index in [0.29, 0.717) is 24.1 Å². The zero-order valence-electron chi connectivity index (χ0n) is 15.9. The van der Waals surface area contributed by atoms with Gasteiger partial charge in [-0.15, -0.1) is 0 Å². The molecule has 0 bridgehead atoms. The minimum absolute atomic E-state index is 0.168. The Hall–Kier alpha value is -3.22. The van der Waals surface area contributed by atoms with E-state index >= 15 is 0 Å². The lowest BCUT2D eigenvalue weighted by molar-refractivity contribution is 0.102. The van der Waals surface area contributed by atoms with Gasteiger partial charge in [-0.3, -0.25) is 4.79 Å². The molecule has 1 aromatic carbocycles. The number of aromatic nitrogens is 3. The van der Waals surface area contributed by atoms with Crippen LogP contribution >= 0.6 is 0 Å². The number of nitrogens with zero attached hydrogens (tertiary/aromatic N) is 4. The number of nitrogens with one attached hydrogen (secondary N) is 1. The van der Waals surface area contributed by atoms with Crippen LogP contribution in [0.4, 0.5) is 11.8 Å². The van der Waals surface area contributed by atoms with Crippen molar-refractivity contribution in [3.05, 3.63) is 65.2 Å². The number of benzene rings is 1. The normalized spacial score (nSPS) is 10.9. The van der Waals surface area contributed by atoms with Gasteiger partial charge >= 0.3 is 0 Å². The summed E-state index contributed by atoms with van der Waals surface area (Å²) >= 11 is 0. The first-order valence-electron chi connectivity index (χ1n) is 8.83. The van der Waals surface area contributed by atoms with Crippen LogP contribution in [0.2, 0.25) is 0 Å². The van der Waals surface area contributed by atoms with Gasteiger partial charge in [-0.05, 0) is 39.3 Å². The van der Waals surface area contributed by atoms with Gasteiger partial charge in [0.05, 0.1) is 0 Å². The van der Waals surface area contributed by atoms with E-state index in [2.05, 4.69) is 51.3 Å². The lowest BCUT2D eigenvalue weighted by Gasteiger charge is -2.27. The maximum absolute atomic E-state index is 12.6. The average molecular weight is 365 g/mol.